The number of anilines is 1. The van der Waals surface area contributed by atoms with Crippen molar-refractivity contribution in [2.45, 2.75) is 36.6 Å². The Morgan fingerprint density at radius 3 is 2.38 bits per heavy atom. The van der Waals surface area contributed by atoms with Gasteiger partial charge in [0.25, 0.3) is 5.91 Å². The van der Waals surface area contributed by atoms with E-state index < -0.39 is 40.1 Å². The molecule has 1 aromatic heterocycles. The first-order chi connectivity index (χ1) is 18.5. The van der Waals surface area contributed by atoms with E-state index in [0.29, 0.717) is 36.5 Å². The van der Waals surface area contributed by atoms with E-state index >= 15 is 0 Å². The van der Waals surface area contributed by atoms with Crippen LogP contribution in [-0.4, -0.2) is 56.0 Å². The molecule has 0 saturated carbocycles. The highest BCUT2D eigenvalue weighted by molar-refractivity contribution is 7.91. The van der Waals surface area contributed by atoms with Crippen LogP contribution in [0.15, 0.2) is 71.8 Å². The molecule has 3 aromatic rings. The zero-order chi connectivity index (χ0) is 28.2. The van der Waals surface area contributed by atoms with Gasteiger partial charge in [-0.05, 0) is 60.7 Å². The molecule has 2 atom stereocenters. The van der Waals surface area contributed by atoms with Crippen LogP contribution in [0.5, 0.6) is 5.75 Å². The molecule has 1 fully saturated rings. The van der Waals surface area contributed by atoms with Crippen molar-refractivity contribution < 1.29 is 36.2 Å². The molecule has 8 nitrogen and oxygen atoms in total. The van der Waals surface area contributed by atoms with Crippen LogP contribution in [0.2, 0.25) is 0 Å². The molecule has 39 heavy (non-hydrogen) atoms. The first-order valence-corrected chi connectivity index (χ1v) is 13.9. The standard InChI is InChI=1S/C27H28F3N3O5S/c1-2-39(36,37)23-11-12-24(31-15-23)25(17-34)32-26(35)18-3-7-20(8-4-18)33-14-13-22(16-33)38-21-9-5-19(6-10-21)27(28,29)30/h3-12,15,22,25,34H,2,13-14,16-17H2,1H3,(H,32,35)/t22?,25-/m0/s1. The third-order valence-electron chi connectivity index (χ3n) is 6.47. The van der Waals surface area contributed by atoms with Crippen molar-refractivity contribution in [3.8, 4) is 5.75 Å². The van der Waals surface area contributed by atoms with Crippen molar-refractivity contribution in [2.75, 3.05) is 30.3 Å². The molecule has 1 unspecified atom stereocenters. The number of aliphatic hydroxyl groups excluding tert-OH is 1. The molecule has 1 amide bonds. The number of nitrogens with one attached hydrogen (secondary N) is 1. The van der Waals surface area contributed by atoms with Crippen LogP contribution in [0.4, 0.5) is 18.9 Å². The minimum absolute atomic E-state index is 0.0611. The van der Waals surface area contributed by atoms with Gasteiger partial charge in [-0.25, -0.2) is 8.42 Å². The number of benzene rings is 2. The Labute approximate surface area is 224 Å². The zero-order valence-corrected chi connectivity index (χ0v) is 21.9. The Bertz CT molecular complexity index is 1380. The summed E-state index contributed by atoms with van der Waals surface area (Å²) in [5.41, 5.74) is 0.819. The maximum absolute atomic E-state index is 12.8. The summed E-state index contributed by atoms with van der Waals surface area (Å²) in [6, 6.07) is 13.5. The van der Waals surface area contributed by atoms with Crippen LogP contribution < -0.4 is 15.0 Å². The fourth-order valence-corrected chi connectivity index (χ4v) is 5.02. The molecule has 2 heterocycles. The number of hydrogen-bond donors (Lipinski definition) is 2. The Hall–Kier alpha value is -3.64. The summed E-state index contributed by atoms with van der Waals surface area (Å²) in [6.07, 6.45) is -2.69. The molecule has 1 aliphatic heterocycles. The second kappa shape index (κ2) is 11.6. The number of pyridine rings is 1. The van der Waals surface area contributed by atoms with Gasteiger partial charge in [0, 0.05) is 30.4 Å². The first kappa shape index (κ1) is 28.4. The van der Waals surface area contributed by atoms with Gasteiger partial charge in [0.15, 0.2) is 9.84 Å². The number of aromatic nitrogens is 1. The average Bonchev–Trinajstić information content (AvgIpc) is 3.40. The Morgan fingerprint density at radius 2 is 1.82 bits per heavy atom. The van der Waals surface area contributed by atoms with Crippen molar-refractivity contribution in [3.05, 3.63) is 83.7 Å². The van der Waals surface area contributed by atoms with E-state index in [0.717, 1.165) is 17.8 Å². The van der Waals surface area contributed by atoms with E-state index in [1.807, 2.05) is 0 Å². The van der Waals surface area contributed by atoms with Crippen LogP contribution >= 0.6 is 0 Å². The lowest BCUT2D eigenvalue weighted by Gasteiger charge is -2.20. The third-order valence-corrected chi connectivity index (χ3v) is 8.19. The van der Waals surface area contributed by atoms with Crippen molar-refractivity contribution in [2.24, 2.45) is 0 Å². The molecule has 0 radical (unpaired) electrons. The van der Waals surface area contributed by atoms with Gasteiger partial charge in [0.1, 0.15) is 11.9 Å². The smallest absolute Gasteiger partial charge is 0.416 e. The first-order valence-electron chi connectivity index (χ1n) is 12.3. The number of carbonyl (C=O) groups excluding carboxylic acids is 1. The predicted molar refractivity (Wildman–Crippen MR) is 138 cm³/mol. The summed E-state index contributed by atoms with van der Waals surface area (Å²) in [5.74, 6) is -0.122. The fraction of sp³-hybridized carbons (Fsp3) is 0.333. The lowest BCUT2D eigenvalue weighted by Crippen LogP contribution is -2.31. The summed E-state index contributed by atoms with van der Waals surface area (Å²) in [6.45, 7) is 2.32. The van der Waals surface area contributed by atoms with Gasteiger partial charge in [-0.2, -0.15) is 13.2 Å². The second-order valence-electron chi connectivity index (χ2n) is 9.07. The van der Waals surface area contributed by atoms with Crippen molar-refractivity contribution in [3.63, 3.8) is 0 Å². The quantitative estimate of drug-likeness (QED) is 0.405. The highest BCUT2D eigenvalue weighted by Crippen LogP contribution is 2.31. The SMILES string of the molecule is CCS(=O)(=O)c1ccc([C@H](CO)NC(=O)c2ccc(N3CCC(Oc4ccc(C(F)(F)F)cc4)C3)cc2)nc1. The van der Waals surface area contributed by atoms with Gasteiger partial charge < -0.3 is 20.1 Å². The maximum atomic E-state index is 12.8. The van der Waals surface area contributed by atoms with Gasteiger partial charge in [-0.1, -0.05) is 6.92 Å². The summed E-state index contributed by atoms with van der Waals surface area (Å²) >= 11 is 0. The van der Waals surface area contributed by atoms with E-state index in [1.165, 1.54) is 37.4 Å². The van der Waals surface area contributed by atoms with Gasteiger partial charge in [-0.15, -0.1) is 0 Å². The number of sulfone groups is 1. The number of rotatable bonds is 9. The third kappa shape index (κ3) is 6.87. The molecular weight excluding hydrogens is 535 g/mol. The molecule has 0 spiro atoms. The molecule has 2 N–H and O–H groups in total. The van der Waals surface area contributed by atoms with Crippen molar-refractivity contribution in [1.29, 1.82) is 0 Å². The molecule has 12 heteroatoms. The molecule has 1 saturated heterocycles. The molecule has 1 aliphatic rings. The van der Waals surface area contributed by atoms with E-state index in [2.05, 4.69) is 15.2 Å². The average molecular weight is 564 g/mol. The summed E-state index contributed by atoms with van der Waals surface area (Å²) in [4.78, 5) is 19.0. The van der Waals surface area contributed by atoms with E-state index in [-0.39, 0.29) is 16.8 Å². The van der Waals surface area contributed by atoms with Crippen molar-refractivity contribution in [1.82, 2.24) is 10.3 Å². The number of ether oxygens (including phenoxy) is 1. The van der Waals surface area contributed by atoms with Gasteiger partial charge in [0.2, 0.25) is 0 Å². The molecule has 0 bridgehead atoms. The van der Waals surface area contributed by atoms with Crippen LogP contribution in [-0.2, 0) is 16.0 Å². The number of hydrogen-bond acceptors (Lipinski definition) is 7. The van der Waals surface area contributed by atoms with Gasteiger partial charge in [-0.3, -0.25) is 9.78 Å². The Kier molecular flexibility index (Phi) is 8.45. The van der Waals surface area contributed by atoms with Gasteiger partial charge in [0.05, 0.1) is 41.1 Å². The van der Waals surface area contributed by atoms with Crippen LogP contribution in [0.1, 0.15) is 41.0 Å². The number of nitrogens with zero attached hydrogens (tertiary/aromatic N) is 2. The molecule has 0 aliphatic carbocycles. The lowest BCUT2D eigenvalue weighted by atomic mass is 10.1. The number of alkyl halides is 3. The van der Waals surface area contributed by atoms with Crippen molar-refractivity contribution >= 4 is 21.4 Å². The number of halogens is 3. The molecule has 2 aromatic carbocycles. The van der Waals surface area contributed by atoms with Gasteiger partial charge >= 0.3 is 6.18 Å². The number of carbonyl (C=O) groups is 1. The summed E-state index contributed by atoms with van der Waals surface area (Å²) in [5, 5.41) is 12.5. The normalized spacial score (nSPS) is 16.6. The van der Waals surface area contributed by atoms with Crippen LogP contribution in [0, 0.1) is 0 Å². The minimum Gasteiger partial charge on any atom is -0.489 e. The molecule has 208 valence electrons. The van der Waals surface area contributed by atoms with E-state index in [4.69, 9.17) is 4.74 Å². The monoisotopic (exact) mass is 563 g/mol. The predicted octanol–water partition coefficient (Wildman–Crippen LogP) is 4.02. The Morgan fingerprint density at radius 1 is 1.13 bits per heavy atom. The number of aliphatic hydroxyl groups is 1. The summed E-state index contributed by atoms with van der Waals surface area (Å²) in [7, 11) is -3.41. The largest absolute Gasteiger partial charge is 0.489 e. The number of amides is 1. The highest BCUT2D eigenvalue weighted by atomic mass is 32.2. The highest BCUT2D eigenvalue weighted by Gasteiger charge is 2.30. The summed E-state index contributed by atoms with van der Waals surface area (Å²) < 4.78 is 68.1. The molecule has 4 rings (SSSR count). The van der Waals surface area contributed by atoms with Crippen LogP contribution in [0.25, 0.3) is 0 Å². The van der Waals surface area contributed by atoms with E-state index in [1.54, 1.807) is 24.3 Å². The zero-order valence-electron chi connectivity index (χ0n) is 21.1. The van der Waals surface area contributed by atoms with Crippen LogP contribution in [0.3, 0.4) is 0 Å². The Balaban J connectivity index is 1.34. The fourth-order valence-electron chi connectivity index (χ4n) is 4.20. The topological polar surface area (TPSA) is 109 Å². The second-order valence-corrected chi connectivity index (χ2v) is 11.4. The molecular formula is C27H28F3N3O5S. The lowest BCUT2D eigenvalue weighted by molar-refractivity contribution is -0.137. The minimum atomic E-state index is -4.40. The maximum Gasteiger partial charge on any atom is 0.416 e. The van der Waals surface area contributed by atoms with E-state index in [9.17, 15) is 31.5 Å².